The molecule has 0 saturated carbocycles. The number of allylic oxidation sites excluding steroid dienone is 1. The molecule has 17 heavy (non-hydrogen) atoms. The molecule has 0 aliphatic rings. The van der Waals surface area contributed by atoms with E-state index in [9.17, 15) is 4.79 Å². The number of ether oxygens (including phenoxy) is 1. The minimum atomic E-state index is -0.804. The predicted molar refractivity (Wildman–Crippen MR) is 67.0 cm³/mol. The molecule has 0 saturated heterocycles. The van der Waals surface area contributed by atoms with Crippen molar-refractivity contribution >= 4 is 5.97 Å². The first-order chi connectivity index (χ1) is 8.15. The Kier molecular flexibility index (Phi) is 5.43. The van der Waals surface area contributed by atoms with E-state index in [2.05, 4.69) is 0 Å². The zero-order valence-electron chi connectivity index (χ0n) is 10.2. The second-order valence-corrected chi connectivity index (χ2v) is 3.89. The fourth-order valence-corrected chi connectivity index (χ4v) is 1.39. The maximum absolute atomic E-state index is 10.8. The molecule has 3 heteroatoms. The van der Waals surface area contributed by atoms with Crippen molar-refractivity contribution in [2.24, 2.45) is 0 Å². The minimum Gasteiger partial charge on any atom is -0.481 e. The van der Waals surface area contributed by atoms with Gasteiger partial charge in [-0.05, 0) is 25.0 Å². The summed E-state index contributed by atoms with van der Waals surface area (Å²) >= 11 is 0. The lowest BCUT2D eigenvalue weighted by molar-refractivity contribution is -0.138. The van der Waals surface area contributed by atoms with Gasteiger partial charge >= 0.3 is 5.97 Å². The summed E-state index contributed by atoms with van der Waals surface area (Å²) < 4.78 is 5.40. The lowest BCUT2D eigenvalue weighted by atomic mass is 10.0. The molecule has 0 fully saturated rings. The normalized spacial score (nSPS) is 12.8. The fraction of sp³-hybridized carbons (Fsp3) is 0.357. The Hall–Kier alpha value is -1.61. The molecule has 0 aromatic heterocycles. The van der Waals surface area contributed by atoms with Crippen LogP contribution in [-0.4, -0.2) is 17.7 Å². The Morgan fingerprint density at radius 3 is 2.59 bits per heavy atom. The highest BCUT2D eigenvalue weighted by Crippen LogP contribution is 2.16. The van der Waals surface area contributed by atoms with Crippen molar-refractivity contribution in [1.29, 1.82) is 0 Å². The number of rotatable bonds is 6. The monoisotopic (exact) mass is 234 g/mol. The molecule has 1 aromatic carbocycles. The highest BCUT2D eigenvalue weighted by Gasteiger charge is 2.12. The van der Waals surface area contributed by atoms with Crippen LogP contribution in [0, 0.1) is 0 Å². The van der Waals surface area contributed by atoms with Crippen LogP contribution in [-0.2, 0) is 16.1 Å². The molecule has 0 aliphatic carbocycles. The van der Waals surface area contributed by atoms with Gasteiger partial charge in [0.15, 0.2) is 0 Å². The van der Waals surface area contributed by atoms with E-state index in [0.717, 1.165) is 11.1 Å². The Morgan fingerprint density at radius 2 is 2.06 bits per heavy atom. The van der Waals surface area contributed by atoms with Gasteiger partial charge in [0.2, 0.25) is 0 Å². The average Bonchev–Trinajstić information content (AvgIpc) is 2.34. The van der Waals surface area contributed by atoms with E-state index in [1.807, 2.05) is 43.3 Å². The van der Waals surface area contributed by atoms with Crippen molar-refractivity contribution in [2.75, 3.05) is 6.61 Å². The second kappa shape index (κ2) is 6.86. The minimum absolute atomic E-state index is 0.465. The maximum Gasteiger partial charge on any atom is 0.310 e. The predicted octanol–water partition coefficient (Wildman–Crippen LogP) is 2.97. The Morgan fingerprint density at radius 1 is 1.41 bits per heavy atom. The third-order valence-electron chi connectivity index (χ3n) is 2.57. The molecule has 0 amide bonds. The fourth-order valence-electron chi connectivity index (χ4n) is 1.39. The molecular formula is C14H18O3. The molecule has 0 bridgehead atoms. The van der Waals surface area contributed by atoms with Crippen LogP contribution in [0.5, 0.6) is 0 Å². The third-order valence-corrected chi connectivity index (χ3v) is 2.57. The van der Waals surface area contributed by atoms with E-state index in [0.29, 0.717) is 13.2 Å². The smallest absolute Gasteiger partial charge is 0.310 e. The first-order valence-corrected chi connectivity index (χ1v) is 5.65. The van der Waals surface area contributed by atoms with Gasteiger partial charge in [-0.1, -0.05) is 36.4 Å². The van der Waals surface area contributed by atoms with Gasteiger partial charge in [-0.15, -0.1) is 0 Å². The molecule has 1 atom stereocenters. The van der Waals surface area contributed by atoms with Gasteiger partial charge in [-0.25, -0.2) is 0 Å². The van der Waals surface area contributed by atoms with E-state index in [1.165, 1.54) is 0 Å². The van der Waals surface area contributed by atoms with Crippen LogP contribution in [0.15, 0.2) is 36.4 Å². The average molecular weight is 234 g/mol. The summed E-state index contributed by atoms with van der Waals surface area (Å²) in [5.41, 5.74) is 1.87. The van der Waals surface area contributed by atoms with E-state index in [4.69, 9.17) is 9.84 Å². The van der Waals surface area contributed by atoms with Gasteiger partial charge in [0.25, 0.3) is 0 Å². The molecule has 0 radical (unpaired) electrons. The zero-order valence-corrected chi connectivity index (χ0v) is 10.2. The highest BCUT2D eigenvalue weighted by atomic mass is 16.5. The van der Waals surface area contributed by atoms with Crippen LogP contribution >= 0.6 is 0 Å². The van der Waals surface area contributed by atoms with Crippen molar-refractivity contribution in [3.05, 3.63) is 47.5 Å². The number of aliphatic carboxylic acids is 1. The first kappa shape index (κ1) is 13.5. The van der Waals surface area contributed by atoms with Crippen LogP contribution < -0.4 is 0 Å². The highest BCUT2D eigenvalue weighted by molar-refractivity contribution is 5.75. The van der Waals surface area contributed by atoms with Crippen molar-refractivity contribution in [1.82, 2.24) is 0 Å². The molecule has 0 aliphatic heterocycles. The van der Waals surface area contributed by atoms with Crippen molar-refractivity contribution in [3.63, 3.8) is 0 Å². The summed E-state index contributed by atoms with van der Waals surface area (Å²) in [7, 11) is 0. The molecule has 0 spiro atoms. The standard InChI is InChI=1S/C14H18O3/c1-3-4-9-17-10-12-5-7-13(8-6-12)11(2)14(15)16/h3-8,11H,9-10H2,1-2H3,(H,15,16)/b4-3+. The van der Waals surface area contributed by atoms with Gasteiger partial charge in [0.05, 0.1) is 19.1 Å². The Balaban J connectivity index is 2.53. The number of benzene rings is 1. The van der Waals surface area contributed by atoms with Crippen LogP contribution in [0.25, 0.3) is 0 Å². The van der Waals surface area contributed by atoms with Crippen molar-refractivity contribution in [3.8, 4) is 0 Å². The molecule has 1 unspecified atom stereocenters. The molecule has 1 rings (SSSR count). The van der Waals surface area contributed by atoms with E-state index < -0.39 is 11.9 Å². The topological polar surface area (TPSA) is 46.5 Å². The zero-order chi connectivity index (χ0) is 12.7. The summed E-state index contributed by atoms with van der Waals surface area (Å²) in [6, 6.07) is 7.50. The summed E-state index contributed by atoms with van der Waals surface area (Å²) in [6.07, 6.45) is 3.89. The number of carboxylic acid groups (broad SMARTS) is 1. The lowest BCUT2D eigenvalue weighted by Gasteiger charge is -2.07. The lowest BCUT2D eigenvalue weighted by Crippen LogP contribution is -2.07. The summed E-state index contributed by atoms with van der Waals surface area (Å²) in [4.78, 5) is 10.8. The number of carboxylic acids is 1. The van der Waals surface area contributed by atoms with Gasteiger partial charge in [0, 0.05) is 0 Å². The number of carbonyl (C=O) groups is 1. The largest absolute Gasteiger partial charge is 0.481 e. The van der Waals surface area contributed by atoms with Crippen LogP contribution in [0.1, 0.15) is 30.9 Å². The van der Waals surface area contributed by atoms with Crippen LogP contribution in [0.3, 0.4) is 0 Å². The Labute approximate surface area is 102 Å². The molecular weight excluding hydrogens is 216 g/mol. The maximum atomic E-state index is 10.8. The van der Waals surface area contributed by atoms with Gasteiger partial charge in [0.1, 0.15) is 0 Å². The van der Waals surface area contributed by atoms with Crippen LogP contribution in [0.2, 0.25) is 0 Å². The quantitative estimate of drug-likeness (QED) is 0.608. The van der Waals surface area contributed by atoms with E-state index >= 15 is 0 Å². The molecule has 1 N–H and O–H groups in total. The third kappa shape index (κ3) is 4.41. The SMILES string of the molecule is C/C=C/COCc1ccc(C(C)C(=O)O)cc1. The molecule has 92 valence electrons. The summed E-state index contributed by atoms with van der Waals surface area (Å²) in [6.45, 7) is 4.78. The van der Waals surface area contributed by atoms with Crippen molar-refractivity contribution in [2.45, 2.75) is 26.4 Å². The second-order valence-electron chi connectivity index (χ2n) is 3.89. The van der Waals surface area contributed by atoms with Gasteiger partial charge < -0.3 is 9.84 Å². The molecule has 0 heterocycles. The van der Waals surface area contributed by atoms with Gasteiger partial charge in [-0.3, -0.25) is 4.79 Å². The van der Waals surface area contributed by atoms with Crippen molar-refractivity contribution < 1.29 is 14.6 Å². The summed E-state index contributed by atoms with van der Waals surface area (Å²) in [5, 5.41) is 8.87. The number of hydrogen-bond donors (Lipinski definition) is 1. The van der Waals surface area contributed by atoms with Gasteiger partial charge in [-0.2, -0.15) is 0 Å². The van der Waals surface area contributed by atoms with E-state index in [1.54, 1.807) is 6.92 Å². The first-order valence-electron chi connectivity index (χ1n) is 5.65. The summed E-state index contributed by atoms with van der Waals surface area (Å²) in [5.74, 6) is -1.27. The Bertz CT molecular complexity index is 379. The molecule has 3 nitrogen and oxygen atoms in total. The molecule has 1 aromatic rings. The van der Waals surface area contributed by atoms with Crippen LogP contribution in [0.4, 0.5) is 0 Å². The van der Waals surface area contributed by atoms with E-state index in [-0.39, 0.29) is 0 Å². The number of hydrogen-bond acceptors (Lipinski definition) is 2.